The van der Waals surface area contributed by atoms with E-state index in [2.05, 4.69) is 17.2 Å². The molecule has 0 aliphatic rings. The molecule has 0 saturated carbocycles. The number of fused-ring (bicyclic) bond motifs is 1. The number of hydrogen-bond acceptors (Lipinski definition) is 5. The lowest BCUT2D eigenvalue weighted by Gasteiger charge is -2.07. The zero-order chi connectivity index (χ0) is 23.4. The molecule has 0 aliphatic carbocycles. The number of aliphatic hydroxyl groups excluding tert-OH is 1. The second-order valence-corrected chi connectivity index (χ2v) is 7.98. The number of pyridine rings is 1. The number of benzene rings is 1. The summed E-state index contributed by atoms with van der Waals surface area (Å²) in [6.45, 7) is 0.341. The highest BCUT2D eigenvalue weighted by Crippen LogP contribution is 2.18. The smallest absolute Gasteiger partial charge is 0.224 e. The molecule has 4 aromatic rings. The third-order valence-electron chi connectivity index (χ3n) is 5.05. The summed E-state index contributed by atoms with van der Waals surface area (Å²) >= 11 is 5.87. The SMILES string of the molecule is Cn1cc(CC(=O)NCc2ccc(Cl)cc2)c(=O)c2cc(C#CCC(O)c3ccco3)oc21. The highest BCUT2D eigenvalue weighted by molar-refractivity contribution is 6.30. The molecule has 0 radical (unpaired) electrons. The highest BCUT2D eigenvalue weighted by Gasteiger charge is 2.15. The van der Waals surface area contributed by atoms with Crippen LogP contribution in [0.5, 0.6) is 0 Å². The number of carbonyl (C=O) groups is 1. The lowest BCUT2D eigenvalue weighted by Crippen LogP contribution is -2.27. The summed E-state index contributed by atoms with van der Waals surface area (Å²) in [5.41, 5.74) is 1.34. The number of nitrogens with one attached hydrogen (secondary N) is 1. The number of aryl methyl sites for hydroxylation is 1. The minimum absolute atomic E-state index is 0.0578. The van der Waals surface area contributed by atoms with E-state index in [1.165, 1.54) is 6.26 Å². The summed E-state index contributed by atoms with van der Waals surface area (Å²) < 4.78 is 12.5. The molecule has 33 heavy (non-hydrogen) atoms. The average Bonchev–Trinajstić information content (AvgIpc) is 3.48. The summed E-state index contributed by atoms with van der Waals surface area (Å²) in [7, 11) is 1.73. The van der Waals surface area contributed by atoms with Crippen molar-refractivity contribution in [3.8, 4) is 11.8 Å². The van der Waals surface area contributed by atoms with Crippen molar-refractivity contribution in [3.63, 3.8) is 0 Å². The average molecular weight is 465 g/mol. The highest BCUT2D eigenvalue weighted by atomic mass is 35.5. The fraction of sp³-hybridized carbons (Fsp3) is 0.200. The number of amides is 1. The molecule has 0 aliphatic heterocycles. The molecular weight excluding hydrogens is 444 g/mol. The van der Waals surface area contributed by atoms with E-state index in [0.717, 1.165) is 5.56 Å². The fourth-order valence-electron chi connectivity index (χ4n) is 3.37. The van der Waals surface area contributed by atoms with Crippen LogP contribution in [0.1, 0.15) is 35.2 Å². The normalized spacial score (nSPS) is 11.7. The maximum atomic E-state index is 12.9. The standard InChI is InChI=1S/C25H21ClN2O5/c1-28-15-17(12-23(30)27-14-16-7-9-18(26)10-8-16)24(31)20-13-19(33-25(20)28)4-2-5-21(29)22-6-3-11-32-22/h3,6-11,13,15,21,29H,5,12,14H2,1H3,(H,27,30). The lowest BCUT2D eigenvalue weighted by molar-refractivity contribution is -0.120. The van der Waals surface area contributed by atoms with E-state index in [1.54, 1.807) is 48.1 Å². The number of nitrogens with zero attached hydrogens (tertiary/aromatic N) is 1. The van der Waals surface area contributed by atoms with Gasteiger partial charge in [0.15, 0.2) is 11.2 Å². The van der Waals surface area contributed by atoms with E-state index in [0.29, 0.717) is 39.8 Å². The van der Waals surface area contributed by atoms with E-state index < -0.39 is 6.10 Å². The predicted octanol–water partition coefficient (Wildman–Crippen LogP) is 3.71. The van der Waals surface area contributed by atoms with E-state index >= 15 is 0 Å². The quantitative estimate of drug-likeness (QED) is 0.424. The molecule has 0 bridgehead atoms. The lowest BCUT2D eigenvalue weighted by atomic mass is 10.1. The molecule has 0 spiro atoms. The molecule has 4 rings (SSSR count). The molecular formula is C25H21ClN2O5. The summed E-state index contributed by atoms with van der Waals surface area (Å²) in [5.74, 6) is 6.12. The minimum Gasteiger partial charge on any atom is -0.467 e. The van der Waals surface area contributed by atoms with Crippen LogP contribution in [0.15, 0.2) is 68.6 Å². The van der Waals surface area contributed by atoms with Gasteiger partial charge in [0.1, 0.15) is 11.9 Å². The molecule has 2 N–H and O–H groups in total. The van der Waals surface area contributed by atoms with Crippen molar-refractivity contribution in [3.05, 3.63) is 92.8 Å². The van der Waals surface area contributed by atoms with Crippen LogP contribution < -0.4 is 10.7 Å². The van der Waals surface area contributed by atoms with Crippen molar-refractivity contribution < 1.29 is 18.7 Å². The van der Waals surface area contributed by atoms with Gasteiger partial charge in [0.05, 0.1) is 18.1 Å². The number of halogens is 1. The van der Waals surface area contributed by atoms with Gasteiger partial charge in [-0.15, -0.1) is 0 Å². The maximum Gasteiger partial charge on any atom is 0.224 e. The van der Waals surface area contributed by atoms with Gasteiger partial charge < -0.3 is 23.8 Å². The molecule has 1 atom stereocenters. The fourth-order valence-corrected chi connectivity index (χ4v) is 3.50. The third-order valence-corrected chi connectivity index (χ3v) is 5.30. The van der Waals surface area contributed by atoms with Crippen molar-refractivity contribution in [1.29, 1.82) is 0 Å². The second kappa shape index (κ2) is 9.82. The molecule has 3 aromatic heterocycles. The summed E-state index contributed by atoms with van der Waals surface area (Å²) in [6, 6.07) is 12.1. The van der Waals surface area contributed by atoms with Crippen LogP contribution in [-0.4, -0.2) is 15.6 Å². The minimum atomic E-state index is -0.846. The monoisotopic (exact) mass is 464 g/mol. The topological polar surface area (TPSA) is 97.6 Å². The third kappa shape index (κ3) is 5.37. The van der Waals surface area contributed by atoms with Crippen LogP contribution in [0, 0.1) is 11.8 Å². The van der Waals surface area contributed by atoms with Gasteiger partial charge in [-0.1, -0.05) is 29.7 Å². The Morgan fingerprint density at radius 2 is 2.06 bits per heavy atom. The molecule has 1 amide bonds. The van der Waals surface area contributed by atoms with Crippen molar-refractivity contribution in [2.75, 3.05) is 0 Å². The largest absolute Gasteiger partial charge is 0.467 e. The molecule has 8 heteroatoms. The van der Waals surface area contributed by atoms with Crippen LogP contribution in [0.25, 0.3) is 11.1 Å². The summed E-state index contributed by atoms with van der Waals surface area (Å²) in [6.07, 6.45) is 2.32. The van der Waals surface area contributed by atoms with E-state index in [1.807, 2.05) is 12.1 Å². The van der Waals surface area contributed by atoms with Crippen LogP contribution in [0.2, 0.25) is 5.02 Å². The van der Waals surface area contributed by atoms with Gasteiger partial charge in [-0.05, 0) is 35.7 Å². The summed E-state index contributed by atoms with van der Waals surface area (Å²) in [4.78, 5) is 25.3. The van der Waals surface area contributed by atoms with Crippen molar-refractivity contribution in [2.45, 2.75) is 25.5 Å². The van der Waals surface area contributed by atoms with Crippen molar-refractivity contribution >= 4 is 28.6 Å². The first kappa shape index (κ1) is 22.5. The van der Waals surface area contributed by atoms with Gasteiger partial charge in [-0.25, -0.2) is 0 Å². The van der Waals surface area contributed by atoms with E-state index in [9.17, 15) is 14.7 Å². The van der Waals surface area contributed by atoms with Crippen LogP contribution in [-0.2, 0) is 24.8 Å². The molecule has 7 nitrogen and oxygen atoms in total. The Kier molecular flexibility index (Phi) is 6.68. The summed E-state index contributed by atoms with van der Waals surface area (Å²) in [5, 5.41) is 13.8. The molecule has 3 heterocycles. The Hall–Kier alpha value is -3.73. The van der Waals surface area contributed by atoms with E-state index in [-0.39, 0.29) is 24.2 Å². The van der Waals surface area contributed by atoms with Crippen molar-refractivity contribution in [1.82, 2.24) is 9.88 Å². The van der Waals surface area contributed by atoms with Crippen LogP contribution in [0.4, 0.5) is 0 Å². The van der Waals surface area contributed by atoms with Gasteiger partial charge in [0.25, 0.3) is 0 Å². The molecule has 1 aromatic carbocycles. The van der Waals surface area contributed by atoms with Gasteiger partial charge >= 0.3 is 0 Å². The first-order chi connectivity index (χ1) is 15.9. The maximum absolute atomic E-state index is 12.9. The van der Waals surface area contributed by atoms with Gasteiger partial charge in [0.2, 0.25) is 11.6 Å². The van der Waals surface area contributed by atoms with Gasteiger partial charge in [-0.3, -0.25) is 9.59 Å². The van der Waals surface area contributed by atoms with Gasteiger partial charge in [0, 0.05) is 42.9 Å². The van der Waals surface area contributed by atoms with Crippen LogP contribution in [0.3, 0.4) is 0 Å². The predicted molar refractivity (Wildman–Crippen MR) is 124 cm³/mol. The number of rotatable bonds is 6. The zero-order valence-electron chi connectivity index (χ0n) is 17.8. The number of furan rings is 2. The Balaban J connectivity index is 1.46. The molecule has 168 valence electrons. The Bertz CT molecular complexity index is 1390. The van der Waals surface area contributed by atoms with Crippen LogP contribution >= 0.6 is 11.6 Å². The number of hydrogen-bond donors (Lipinski definition) is 2. The van der Waals surface area contributed by atoms with Gasteiger partial charge in [-0.2, -0.15) is 0 Å². The first-order valence-electron chi connectivity index (χ1n) is 10.2. The first-order valence-corrected chi connectivity index (χ1v) is 10.6. The molecule has 0 saturated heterocycles. The van der Waals surface area contributed by atoms with E-state index in [4.69, 9.17) is 20.4 Å². The Morgan fingerprint density at radius 1 is 1.27 bits per heavy atom. The molecule has 0 fully saturated rings. The Labute approximate surface area is 194 Å². The number of aromatic nitrogens is 1. The second-order valence-electron chi connectivity index (χ2n) is 7.54. The zero-order valence-corrected chi connectivity index (χ0v) is 18.6. The molecule has 1 unspecified atom stereocenters. The van der Waals surface area contributed by atoms with Crippen molar-refractivity contribution in [2.24, 2.45) is 7.05 Å². The number of carbonyl (C=O) groups excluding carboxylic acids is 1. The Morgan fingerprint density at radius 3 is 2.79 bits per heavy atom. The number of aliphatic hydroxyl groups is 1.